The van der Waals surface area contributed by atoms with Crippen molar-refractivity contribution in [3.05, 3.63) is 29.8 Å². The lowest BCUT2D eigenvalue weighted by Crippen LogP contribution is -2.43. The first-order chi connectivity index (χ1) is 11.0. The number of carbonyl (C=O) groups excluding carboxylic acids is 3. The Hall–Kier alpha value is -2.41. The van der Waals surface area contributed by atoms with E-state index in [4.69, 9.17) is 11.5 Å². The molecule has 0 aliphatic carbocycles. The summed E-state index contributed by atoms with van der Waals surface area (Å²) < 4.78 is 0. The van der Waals surface area contributed by atoms with E-state index in [9.17, 15) is 14.4 Å². The van der Waals surface area contributed by atoms with E-state index in [1.807, 2.05) is 0 Å². The topological polar surface area (TPSA) is 119 Å². The number of carbonyl (C=O) groups is 3. The summed E-state index contributed by atoms with van der Waals surface area (Å²) in [6, 6.07) is 6.46. The Kier molecular flexibility index (Phi) is 5.70. The van der Waals surface area contributed by atoms with E-state index < -0.39 is 5.91 Å². The molecular formula is C16H22N4O3. The Labute approximate surface area is 135 Å². The lowest BCUT2D eigenvalue weighted by atomic mass is 10.1. The van der Waals surface area contributed by atoms with Crippen LogP contribution in [0.15, 0.2) is 24.3 Å². The van der Waals surface area contributed by atoms with Crippen LogP contribution in [0.4, 0.5) is 5.69 Å². The zero-order chi connectivity index (χ0) is 16.8. The van der Waals surface area contributed by atoms with Crippen LogP contribution in [0.3, 0.4) is 0 Å². The molecule has 5 N–H and O–H groups in total. The van der Waals surface area contributed by atoms with Gasteiger partial charge in [0.2, 0.25) is 17.7 Å². The molecule has 23 heavy (non-hydrogen) atoms. The Morgan fingerprint density at radius 2 is 1.70 bits per heavy atom. The van der Waals surface area contributed by atoms with E-state index in [1.54, 1.807) is 29.2 Å². The Morgan fingerprint density at radius 3 is 2.26 bits per heavy atom. The molecule has 3 amide bonds. The second-order valence-electron chi connectivity index (χ2n) is 5.71. The van der Waals surface area contributed by atoms with Gasteiger partial charge in [-0.25, -0.2) is 0 Å². The number of anilines is 1. The van der Waals surface area contributed by atoms with Crippen molar-refractivity contribution in [2.45, 2.75) is 31.7 Å². The fourth-order valence-corrected chi connectivity index (χ4v) is 2.47. The molecule has 1 aromatic rings. The first kappa shape index (κ1) is 17.0. The van der Waals surface area contributed by atoms with Gasteiger partial charge in [0.15, 0.2) is 0 Å². The zero-order valence-corrected chi connectivity index (χ0v) is 13.0. The van der Waals surface area contributed by atoms with Crippen molar-refractivity contribution < 1.29 is 14.4 Å². The van der Waals surface area contributed by atoms with Crippen molar-refractivity contribution in [2.24, 2.45) is 11.5 Å². The summed E-state index contributed by atoms with van der Waals surface area (Å²) in [5.74, 6) is -0.773. The molecule has 2 rings (SSSR count). The first-order valence-corrected chi connectivity index (χ1v) is 7.69. The molecule has 1 aliphatic heterocycles. The van der Waals surface area contributed by atoms with Gasteiger partial charge in [0.05, 0.1) is 0 Å². The van der Waals surface area contributed by atoms with E-state index in [0.29, 0.717) is 24.3 Å². The summed E-state index contributed by atoms with van der Waals surface area (Å²) in [5, 5.41) is 2.69. The number of likely N-dealkylation sites (tertiary alicyclic amines) is 1. The second-order valence-corrected chi connectivity index (χ2v) is 5.71. The maximum Gasteiger partial charge on any atom is 0.248 e. The number of piperidine rings is 1. The van der Waals surface area contributed by atoms with E-state index in [2.05, 4.69) is 5.32 Å². The smallest absolute Gasteiger partial charge is 0.248 e. The monoisotopic (exact) mass is 318 g/mol. The fraction of sp³-hybridized carbons (Fsp3) is 0.438. The maximum atomic E-state index is 12.0. The van der Waals surface area contributed by atoms with Gasteiger partial charge < -0.3 is 21.7 Å². The molecule has 0 unspecified atom stereocenters. The molecule has 0 aromatic heterocycles. The summed E-state index contributed by atoms with van der Waals surface area (Å²) >= 11 is 0. The van der Waals surface area contributed by atoms with Gasteiger partial charge in [0, 0.05) is 43.2 Å². The summed E-state index contributed by atoms with van der Waals surface area (Å²) in [6.07, 6.45) is 1.92. The number of primary amides is 1. The SMILES string of the molecule is NC(=O)c1ccc(NC(=O)CCC(=O)N2CCC(N)CC2)cc1. The average Bonchev–Trinajstić information content (AvgIpc) is 2.54. The van der Waals surface area contributed by atoms with E-state index >= 15 is 0 Å². The first-order valence-electron chi connectivity index (χ1n) is 7.69. The van der Waals surface area contributed by atoms with E-state index in [0.717, 1.165) is 12.8 Å². The highest BCUT2D eigenvalue weighted by Crippen LogP contribution is 2.12. The van der Waals surface area contributed by atoms with Crippen LogP contribution < -0.4 is 16.8 Å². The Balaban J connectivity index is 1.76. The minimum absolute atomic E-state index is 0.0175. The Bertz CT molecular complexity index is 577. The van der Waals surface area contributed by atoms with Gasteiger partial charge in [0.25, 0.3) is 0 Å². The number of nitrogens with two attached hydrogens (primary N) is 2. The predicted octanol–water partition coefficient (Wildman–Crippen LogP) is 0.454. The van der Waals surface area contributed by atoms with Crippen molar-refractivity contribution in [1.29, 1.82) is 0 Å². The summed E-state index contributed by atoms with van der Waals surface area (Å²) in [4.78, 5) is 36.6. The molecule has 0 atom stereocenters. The Morgan fingerprint density at radius 1 is 1.09 bits per heavy atom. The normalized spacial score (nSPS) is 15.3. The van der Waals surface area contributed by atoms with Crippen molar-refractivity contribution in [3.8, 4) is 0 Å². The standard InChI is InChI=1S/C16H22N4O3/c17-12-7-9-20(10-8-12)15(22)6-5-14(21)19-13-3-1-11(2-4-13)16(18)23/h1-4,12H,5-10,17H2,(H2,18,23)(H,19,21). The van der Waals surface area contributed by atoms with Gasteiger partial charge in [-0.05, 0) is 37.1 Å². The molecule has 124 valence electrons. The fourth-order valence-electron chi connectivity index (χ4n) is 2.47. The highest BCUT2D eigenvalue weighted by atomic mass is 16.2. The number of benzene rings is 1. The van der Waals surface area contributed by atoms with Crippen molar-refractivity contribution in [2.75, 3.05) is 18.4 Å². The number of amides is 3. The van der Waals surface area contributed by atoms with Crippen LogP contribution in [0.2, 0.25) is 0 Å². The van der Waals surface area contributed by atoms with Gasteiger partial charge >= 0.3 is 0 Å². The number of nitrogens with one attached hydrogen (secondary N) is 1. The van der Waals surface area contributed by atoms with Crippen LogP contribution in [0, 0.1) is 0 Å². The number of nitrogens with zero attached hydrogens (tertiary/aromatic N) is 1. The molecule has 0 saturated carbocycles. The zero-order valence-electron chi connectivity index (χ0n) is 13.0. The van der Waals surface area contributed by atoms with E-state index in [-0.39, 0.29) is 30.7 Å². The summed E-state index contributed by atoms with van der Waals surface area (Å²) in [5.41, 5.74) is 11.9. The second kappa shape index (κ2) is 7.73. The molecule has 7 heteroatoms. The number of hydrogen-bond acceptors (Lipinski definition) is 4. The molecule has 1 aromatic carbocycles. The molecule has 1 fully saturated rings. The maximum absolute atomic E-state index is 12.0. The van der Waals surface area contributed by atoms with Crippen molar-refractivity contribution >= 4 is 23.4 Å². The van der Waals surface area contributed by atoms with E-state index in [1.165, 1.54) is 0 Å². The van der Waals surface area contributed by atoms with Crippen LogP contribution in [0.5, 0.6) is 0 Å². The van der Waals surface area contributed by atoms with Gasteiger partial charge in [-0.1, -0.05) is 0 Å². The van der Waals surface area contributed by atoms with Gasteiger partial charge in [-0.15, -0.1) is 0 Å². The molecule has 1 saturated heterocycles. The largest absolute Gasteiger partial charge is 0.366 e. The highest BCUT2D eigenvalue weighted by molar-refractivity contribution is 5.95. The molecule has 1 aliphatic rings. The minimum Gasteiger partial charge on any atom is -0.366 e. The lowest BCUT2D eigenvalue weighted by molar-refractivity contribution is -0.133. The van der Waals surface area contributed by atoms with Crippen molar-refractivity contribution in [3.63, 3.8) is 0 Å². The van der Waals surface area contributed by atoms with Gasteiger partial charge in [0.1, 0.15) is 0 Å². The highest BCUT2D eigenvalue weighted by Gasteiger charge is 2.20. The molecule has 0 radical (unpaired) electrons. The lowest BCUT2D eigenvalue weighted by Gasteiger charge is -2.30. The minimum atomic E-state index is -0.519. The summed E-state index contributed by atoms with van der Waals surface area (Å²) in [7, 11) is 0. The molecule has 1 heterocycles. The number of rotatable bonds is 5. The third-order valence-electron chi connectivity index (χ3n) is 3.91. The summed E-state index contributed by atoms with van der Waals surface area (Å²) in [6.45, 7) is 1.33. The van der Waals surface area contributed by atoms with Crippen molar-refractivity contribution in [1.82, 2.24) is 4.90 Å². The molecule has 0 bridgehead atoms. The molecule has 0 spiro atoms. The van der Waals surface area contributed by atoms with Gasteiger partial charge in [-0.2, -0.15) is 0 Å². The van der Waals surface area contributed by atoms with Crippen LogP contribution in [-0.4, -0.2) is 41.8 Å². The van der Waals surface area contributed by atoms with Crippen LogP contribution >= 0.6 is 0 Å². The van der Waals surface area contributed by atoms with Crippen LogP contribution in [0.25, 0.3) is 0 Å². The predicted molar refractivity (Wildman–Crippen MR) is 86.6 cm³/mol. The quantitative estimate of drug-likeness (QED) is 0.730. The van der Waals surface area contributed by atoms with Crippen LogP contribution in [0.1, 0.15) is 36.0 Å². The van der Waals surface area contributed by atoms with Crippen LogP contribution in [-0.2, 0) is 9.59 Å². The molecule has 7 nitrogen and oxygen atoms in total. The molecular weight excluding hydrogens is 296 g/mol. The average molecular weight is 318 g/mol. The number of hydrogen-bond donors (Lipinski definition) is 3. The third-order valence-corrected chi connectivity index (χ3v) is 3.91. The third kappa shape index (κ3) is 5.07. The van der Waals surface area contributed by atoms with Gasteiger partial charge in [-0.3, -0.25) is 14.4 Å².